The Morgan fingerprint density at radius 2 is 1.22 bits per heavy atom. The first-order valence-electron chi connectivity index (χ1n) is 14.1. The highest BCUT2D eigenvalue weighted by molar-refractivity contribution is 8.22. The van der Waals surface area contributed by atoms with Crippen LogP contribution in [-0.2, 0) is 37.9 Å². The second-order valence-electron chi connectivity index (χ2n) is 9.94. The minimum absolute atomic E-state index is 0.0415. The topological polar surface area (TPSA) is 108 Å². The van der Waals surface area contributed by atoms with Gasteiger partial charge >= 0.3 is 11.9 Å². The molecule has 6 atom stereocenters. The summed E-state index contributed by atoms with van der Waals surface area (Å²) in [5.41, 5.74) is 3.17. The van der Waals surface area contributed by atoms with Gasteiger partial charge in [0.15, 0.2) is 24.8 Å². The molecular formula is C32H38O10S4. The molecule has 10 nitrogen and oxygen atoms in total. The molecule has 0 radical (unpaired) electrons. The maximum Gasteiger partial charge on any atom is 0.338 e. The second-order valence-corrected chi connectivity index (χ2v) is 12.8. The Morgan fingerprint density at radius 3 is 1.67 bits per heavy atom. The molecule has 46 heavy (non-hydrogen) atoms. The predicted molar refractivity (Wildman–Crippen MR) is 185 cm³/mol. The van der Waals surface area contributed by atoms with Gasteiger partial charge in [0.25, 0.3) is 0 Å². The Hall–Kier alpha value is -2.56. The van der Waals surface area contributed by atoms with Crippen LogP contribution in [0.3, 0.4) is 0 Å². The van der Waals surface area contributed by atoms with Crippen molar-refractivity contribution in [2.75, 3.05) is 39.9 Å². The van der Waals surface area contributed by atoms with Crippen LogP contribution in [0, 0.1) is 13.8 Å². The zero-order valence-electron chi connectivity index (χ0n) is 26.4. The highest BCUT2D eigenvalue weighted by Crippen LogP contribution is 2.30. The highest BCUT2D eigenvalue weighted by Gasteiger charge is 2.50. The van der Waals surface area contributed by atoms with Crippen LogP contribution in [0.25, 0.3) is 0 Å². The lowest BCUT2D eigenvalue weighted by molar-refractivity contribution is -0.150. The molecule has 0 aliphatic carbocycles. The van der Waals surface area contributed by atoms with E-state index in [1.165, 1.54) is 30.6 Å². The molecule has 0 unspecified atom stereocenters. The summed E-state index contributed by atoms with van der Waals surface area (Å²) in [6.45, 7) is 4.07. The molecule has 2 aromatic carbocycles. The van der Waals surface area contributed by atoms with E-state index in [1.54, 1.807) is 43.7 Å². The summed E-state index contributed by atoms with van der Waals surface area (Å²) < 4.78 is 44.5. The second kappa shape index (κ2) is 19.3. The Morgan fingerprint density at radius 1 is 0.717 bits per heavy atom. The number of carbonyl (C=O) groups is 2. The van der Waals surface area contributed by atoms with Crippen molar-refractivity contribution >= 4 is 68.7 Å². The van der Waals surface area contributed by atoms with Gasteiger partial charge in [-0.05, 0) is 81.1 Å². The molecule has 1 fully saturated rings. The van der Waals surface area contributed by atoms with Crippen LogP contribution in [0.5, 0.6) is 0 Å². The molecule has 2 aromatic rings. The molecule has 0 N–H and O–H groups in total. The van der Waals surface area contributed by atoms with E-state index < -0.39 is 30.6 Å². The van der Waals surface area contributed by atoms with Crippen LogP contribution in [0.1, 0.15) is 31.8 Å². The number of benzene rings is 2. The van der Waals surface area contributed by atoms with E-state index in [0.29, 0.717) is 19.9 Å². The van der Waals surface area contributed by atoms with Crippen LogP contribution in [0.15, 0.2) is 60.7 Å². The third-order valence-electron chi connectivity index (χ3n) is 6.65. The Labute approximate surface area is 288 Å². The van der Waals surface area contributed by atoms with Crippen molar-refractivity contribution in [1.29, 1.82) is 0 Å². The third kappa shape index (κ3) is 11.6. The summed E-state index contributed by atoms with van der Waals surface area (Å²) in [4.78, 5) is 24.0. The van der Waals surface area contributed by atoms with E-state index >= 15 is 0 Å². The largest absolute Gasteiger partial charge is 0.468 e. The highest BCUT2D eigenvalue weighted by atomic mass is 32.2. The number of esters is 2. The molecule has 0 saturated carbocycles. The number of hydrogen-bond donors (Lipinski definition) is 0. The standard InChI is InChI=1S/C18H22O6S4.C14H16O4/c1-10-5-7-11(8-6-10)15(19)21-9-12-13(23-17(25)27-3)14(16(20-2)22-12)24-18(26)28-4;1-10-3-5-11(6-4-10)14(15)17-9-12-7-8-13(16-2)18-12/h5-8,12-14,16H,9H2,1-4H3;3-8,12-13H,9H2,1-2H3/t12-,13-,14-,16-;12-,13+/m10/s1. The molecule has 1 saturated heterocycles. The number of aryl methyl sites for hydroxylation is 2. The number of carbonyl (C=O) groups excluding carboxylic acids is 2. The Kier molecular flexibility index (Phi) is 15.9. The SMILES string of the molecule is CO[C@@H]1O[C@H](COC(=O)c2ccc(C)cc2)[C@@H](OC(=S)SC)[C@H]1OC(=S)SC.CO[C@H]1C=C[C@@H](COC(=O)c2ccc(C)cc2)O1. The quantitative estimate of drug-likeness (QED) is 0.172. The minimum atomic E-state index is -0.733. The van der Waals surface area contributed by atoms with Crippen LogP contribution in [-0.4, -0.2) is 97.6 Å². The van der Waals surface area contributed by atoms with E-state index in [9.17, 15) is 9.59 Å². The first kappa shape index (κ1) is 37.9. The average Bonchev–Trinajstić information content (AvgIpc) is 3.67. The van der Waals surface area contributed by atoms with Crippen LogP contribution in [0.2, 0.25) is 0 Å². The van der Waals surface area contributed by atoms with Crippen molar-refractivity contribution in [1.82, 2.24) is 0 Å². The molecule has 0 aromatic heterocycles. The van der Waals surface area contributed by atoms with Gasteiger partial charge in [0.2, 0.25) is 8.77 Å². The van der Waals surface area contributed by atoms with E-state index in [1.807, 2.05) is 50.4 Å². The van der Waals surface area contributed by atoms with Crippen molar-refractivity contribution < 1.29 is 47.5 Å². The number of hydrogen-bond acceptors (Lipinski definition) is 14. The lowest BCUT2D eigenvalue weighted by atomic mass is 10.1. The first-order valence-corrected chi connectivity index (χ1v) is 17.4. The van der Waals surface area contributed by atoms with Crippen molar-refractivity contribution in [2.45, 2.75) is 50.8 Å². The van der Waals surface area contributed by atoms with Gasteiger partial charge in [-0.15, -0.1) is 0 Å². The van der Waals surface area contributed by atoms with Crippen molar-refractivity contribution in [2.24, 2.45) is 0 Å². The maximum atomic E-state index is 12.3. The average molecular weight is 711 g/mol. The van der Waals surface area contributed by atoms with Crippen molar-refractivity contribution in [3.05, 3.63) is 82.9 Å². The normalized spacial score (nSPS) is 23.2. The fourth-order valence-electron chi connectivity index (χ4n) is 4.17. The smallest absolute Gasteiger partial charge is 0.338 e. The molecule has 0 spiro atoms. The van der Waals surface area contributed by atoms with Crippen LogP contribution in [0.4, 0.5) is 0 Å². The first-order chi connectivity index (χ1) is 22.1. The summed E-state index contributed by atoms with van der Waals surface area (Å²) >= 11 is 12.9. The van der Waals surface area contributed by atoms with Gasteiger partial charge in [0, 0.05) is 14.2 Å². The number of methoxy groups -OCH3 is 2. The molecule has 2 heterocycles. The fourth-order valence-corrected chi connectivity index (χ4v) is 4.81. The Bertz CT molecular complexity index is 1340. The number of rotatable bonds is 10. The third-order valence-corrected chi connectivity index (χ3v) is 8.71. The van der Waals surface area contributed by atoms with Gasteiger partial charge < -0.3 is 37.9 Å². The van der Waals surface area contributed by atoms with Crippen LogP contribution < -0.4 is 0 Å². The lowest BCUT2D eigenvalue weighted by Crippen LogP contribution is -2.41. The number of thiocarbonyl (C=S) groups is 2. The van der Waals surface area contributed by atoms with E-state index in [4.69, 9.17) is 62.3 Å². The van der Waals surface area contributed by atoms with Gasteiger partial charge in [0.05, 0.1) is 11.1 Å². The lowest BCUT2D eigenvalue weighted by Gasteiger charge is -2.24. The molecule has 4 rings (SSSR count). The van der Waals surface area contributed by atoms with Gasteiger partial charge in [-0.3, -0.25) is 0 Å². The molecule has 0 bridgehead atoms. The van der Waals surface area contributed by atoms with E-state index in [-0.39, 0.29) is 31.6 Å². The molecule has 2 aliphatic rings. The molecule has 0 amide bonds. The summed E-state index contributed by atoms with van der Waals surface area (Å²) in [5, 5.41) is 0. The minimum Gasteiger partial charge on any atom is -0.468 e. The molecule has 2 aliphatic heterocycles. The fraction of sp³-hybridized carbons (Fsp3) is 0.438. The maximum absolute atomic E-state index is 12.3. The van der Waals surface area contributed by atoms with Gasteiger partial charge in [-0.25, -0.2) is 9.59 Å². The summed E-state index contributed by atoms with van der Waals surface area (Å²) in [5.74, 6) is -0.791. The molecule has 14 heteroatoms. The van der Waals surface area contributed by atoms with E-state index in [0.717, 1.165) is 11.1 Å². The summed E-state index contributed by atoms with van der Waals surface area (Å²) in [7, 11) is 3.06. The number of thioether (sulfide) groups is 2. The molecular weight excluding hydrogens is 673 g/mol. The summed E-state index contributed by atoms with van der Waals surface area (Å²) in [6, 6.07) is 14.4. The van der Waals surface area contributed by atoms with Gasteiger partial charge in [0.1, 0.15) is 25.4 Å². The van der Waals surface area contributed by atoms with Crippen molar-refractivity contribution in [3.8, 4) is 0 Å². The number of ether oxygens (including phenoxy) is 8. The zero-order valence-corrected chi connectivity index (χ0v) is 29.6. The zero-order chi connectivity index (χ0) is 33.6. The van der Waals surface area contributed by atoms with Crippen LogP contribution >= 0.6 is 48.0 Å². The predicted octanol–water partition coefficient (Wildman–Crippen LogP) is 5.67. The molecule has 250 valence electrons. The monoisotopic (exact) mass is 710 g/mol. The van der Waals surface area contributed by atoms with Gasteiger partial charge in [-0.1, -0.05) is 65.0 Å². The van der Waals surface area contributed by atoms with Crippen molar-refractivity contribution in [3.63, 3.8) is 0 Å². The Balaban J connectivity index is 0.000000275. The summed E-state index contributed by atoms with van der Waals surface area (Å²) in [6.07, 6.45) is 4.03. The van der Waals surface area contributed by atoms with E-state index in [2.05, 4.69) is 0 Å². The van der Waals surface area contributed by atoms with Gasteiger partial charge in [-0.2, -0.15) is 0 Å².